The van der Waals surface area contributed by atoms with Gasteiger partial charge in [-0.3, -0.25) is 4.79 Å². The molecule has 1 unspecified atom stereocenters. The van der Waals surface area contributed by atoms with Crippen molar-refractivity contribution < 1.29 is 14.6 Å². The number of methoxy groups -OCH3 is 1. The van der Waals surface area contributed by atoms with Crippen molar-refractivity contribution in [2.75, 3.05) is 7.11 Å². The van der Waals surface area contributed by atoms with Crippen LogP contribution in [0.3, 0.4) is 0 Å². The molecule has 1 aliphatic carbocycles. The Kier molecular flexibility index (Phi) is 3.78. The number of carboxylic acids is 1. The summed E-state index contributed by atoms with van der Waals surface area (Å²) < 4.78 is 5.27. The Morgan fingerprint density at radius 3 is 2.75 bits per heavy atom. The van der Waals surface area contributed by atoms with Crippen molar-refractivity contribution in [2.45, 2.75) is 50.5 Å². The Balaban J connectivity index is 2.59. The summed E-state index contributed by atoms with van der Waals surface area (Å²) in [5.74, 6) is 0.0110. The molecule has 0 saturated heterocycles. The first-order valence-corrected chi connectivity index (χ1v) is 6.98. The number of benzene rings is 1. The van der Waals surface area contributed by atoms with Gasteiger partial charge in [0, 0.05) is 11.0 Å². The Bertz CT molecular complexity index is 519. The highest BCUT2D eigenvalue weighted by Crippen LogP contribution is 2.47. The molecule has 2 rings (SSSR count). The number of ether oxygens (including phenoxy) is 1. The van der Waals surface area contributed by atoms with E-state index in [1.165, 1.54) is 0 Å². The summed E-state index contributed by atoms with van der Waals surface area (Å²) in [5, 5.41) is 9.34. The number of hydrogen-bond acceptors (Lipinski definition) is 3. The third kappa shape index (κ3) is 2.40. The van der Waals surface area contributed by atoms with Crippen molar-refractivity contribution in [2.24, 2.45) is 5.73 Å². The summed E-state index contributed by atoms with van der Waals surface area (Å²) >= 11 is 0. The highest BCUT2D eigenvalue weighted by atomic mass is 16.5. The van der Waals surface area contributed by atoms with E-state index < -0.39 is 16.9 Å². The summed E-state index contributed by atoms with van der Waals surface area (Å²) in [6.45, 7) is 3.85. The van der Waals surface area contributed by atoms with Crippen molar-refractivity contribution >= 4 is 5.97 Å². The van der Waals surface area contributed by atoms with Gasteiger partial charge in [-0.2, -0.15) is 0 Å². The zero-order valence-corrected chi connectivity index (χ0v) is 12.4. The molecule has 1 atom stereocenters. The maximum atomic E-state index is 11.4. The van der Waals surface area contributed by atoms with Gasteiger partial charge in [0.25, 0.3) is 0 Å². The molecule has 20 heavy (non-hydrogen) atoms. The summed E-state index contributed by atoms with van der Waals surface area (Å²) in [7, 11) is 1.64. The predicted molar refractivity (Wildman–Crippen MR) is 78.1 cm³/mol. The third-order valence-corrected chi connectivity index (χ3v) is 4.56. The monoisotopic (exact) mass is 277 g/mol. The third-order valence-electron chi connectivity index (χ3n) is 4.56. The van der Waals surface area contributed by atoms with Crippen LogP contribution in [0.5, 0.6) is 5.75 Å². The highest BCUT2D eigenvalue weighted by molar-refractivity contribution is 5.70. The first-order chi connectivity index (χ1) is 9.30. The summed E-state index contributed by atoms with van der Waals surface area (Å²) in [6, 6.07) is 5.90. The Hall–Kier alpha value is -1.55. The Morgan fingerprint density at radius 1 is 1.50 bits per heavy atom. The maximum absolute atomic E-state index is 11.4. The van der Waals surface area contributed by atoms with E-state index in [-0.39, 0.29) is 6.42 Å². The number of fused-ring (bicyclic) bond motifs is 1. The van der Waals surface area contributed by atoms with Crippen LogP contribution in [0, 0.1) is 0 Å². The minimum absolute atomic E-state index is 0.0653. The van der Waals surface area contributed by atoms with Crippen LogP contribution >= 0.6 is 0 Å². The van der Waals surface area contributed by atoms with Crippen LogP contribution in [0.15, 0.2) is 18.2 Å². The fourth-order valence-electron chi connectivity index (χ4n) is 3.42. The van der Waals surface area contributed by atoms with Gasteiger partial charge in [0.15, 0.2) is 0 Å². The molecule has 1 aromatic rings. The van der Waals surface area contributed by atoms with Crippen LogP contribution in [-0.4, -0.2) is 23.7 Å². The van der Waals surface area contributed by atoms with Gasteiger partial charge < -0.3 is 15.6 Å². The highest BCUT2D eigenvalue weighted by Gasteiger charge is 2.47. The van der Waals surface area contributed by atoms with E-state index in [1.807, 2.05) is 32.0 Å². The molecule has 4 heteroatoms. The van der Waals surface area contributed by atoms with E-state index in [2.05, 4.69) is 0 Å². The molecule has 3 N–H and O–H groups in total. The summed E-state index contributed by atoms with van der Waals surface area (Å²) in [4.78, 5) is 11.4. The topological polar surface area (TPSA) is 72.5 Å². The number of nitrogens with two attached hydrogens (primary N) is 1. The van der Waals surface area contributed by atoms with Crippen LogP contribution in [-0.2, 0) is 16.6 Å². The summed E-state index contributed by atoms with van der Waals surface area (Å²) in [6.07, 6.45) is 2.77. The molecule has 0 saturated carbocycles. The first-order valence-electron chi connectivity index (χ1n) is 6.98. The number of carboxylic acid groups (broad SMARTS) is 1. The van der Waals surface area contributed by atoms with Crippen LogP contribution in [0.4, 0.5) is 0 Å². The molecule has 110 valence electrons. The van der Waals surface area contributed by atoms with Gasteiger partial charge in [0.2, 0.25) is 0 Å². The second-order valence-electron chi connectivity index (χ2n) is 6.25. The molecule has 1 aromatic carbocycles. The second kappa shape index (κ2) is 5.09. The van der Waals surface area contributed by atoms with Gasteiger partial charge in [-0.05, 0) is 56.4 Å². The number of aliphatic carboxylic acids is 1. The summed E-state index contributed by atoms with van der Waals surface area (Å²) in [5.41, 5.74) is 7.51. The van der Waals surface area contributed by atoms with E-state index >= 15 is 0 Å². The van der Waals surface area contributed by atoms with E-state index in [0.29, 0.717) is 0 Å². The molecule has 0 aromatic heterocycles. The SMILES string of the molecule is COc1ccc2c(c1)CCCC2(CC(=O)O)C(C)(C)N. The zero-order valence-electron chi connectivity index (χ0n) is 12.4. The van der Waals surface area contributed by atoms with Crippen molar-refractivity contribution in [3.8, 4) is 5.75 Å². The van der Waals surface area contributed by atoms with Gasteiger partial charge in [0.1, 0.15) is 5.75 Å². The van der Waals surface area contributed by atoms with Crippen molar-refractivity contribution in [3.63, 3.8) is 0 Å². The minimum atomic E-state index is -0.799. The molecular weight excluding hydrogens is 254 g/mol. The lowest BCUT2D eigenvalue weighted by Gasteiger charge is -2.47. The molecule has 4 nitrogen and oxygen atoms in total. The number of rotatable bonds is 4. The van der Waals surface area contributed by atoms with E-state index in [4.69, 9.17) is 10.5 Å². The fourth-order valence-corrected chi connectivity index (χ4v) is 3.42. The molecule has 0 aliphatic heterocycles. The standard InChI is InChI=1S/C16H23NO3/c1-15(2,17)16(10-14(18)19)8-4-5-11-9-12(20-3)6-7-13(11)16/h6-7,9H,4-5,8,10,17H2,1-3H3,(H,18,19). The quantitative estimate of drug-likeness (QED) is 0.887. The average molecular weight is 277 g/mol. The van der Waals surface area contributed by atoms with Crippen molar-refractivity contribution in [1.29, 1.82) is 0 Å². The molecule has 1 aliphatic rings. The van der Waals surface area contributed by atoms with E-state index in [9.17, 15) is 9.90 Å². The molecule has 0 fully saturated rings. The maximum Gasteiger partial charge on any atom is 0.304 e. The molecule has 0 heterocycles. The lowest BCUT2D eigenvalue weighted by atomic mass is 9.59. The normalized spacial score (nSPS) is 22.2. The average Bonchev–Trinajstić information content (AvgIpc) is 2.36. The predicted octanol–water partition coefficient (Wildman–Crippen LogP) is 2.48. The zero-order chi connectivity index (χ0) is 15.0. The van der Waals surface area contributed by atoms with E-state index in [1.54, 1.807) is 7.11 Å². The molecule has 0 spiro atoms. The minimum Gasteiger partial charge on any atom is -0.497 e. The van der Waals surface area contributed by atoms with Gasteiger partial charge in [-0.1, -0.05) is 6.07 Å². The first kappa shape index (κ1) is 14.9. The number of carbonyl (C=O) groups is 1. The lowest BCUT2D eigenvalue weighted by Crippen LogP contribution is -2.56. The molecule has 0 amide bonds. The van der Waals surface area contributed by atoms with Gasteiger partial charge in [-0.15, -0.1) is 0 Å². The van der Waals surface area contributed by atoms with Crippen molar-refractivity contribution in [1.82, 2.24) is 0 Å². The second-order valence-corrected chi connectivity index (χ2v) is 6.25. The molecule has 0 bridgehead atoms. The van der Waals surface area contributed by atoms with Gasteiger partial charge in [0.05, 0.1) is 13.5 Å². The van der Waals surface area contributed by atoms with Crippen molar-refractivity contribution in [3.05, 3.63) is 29.3 Å². The lowest BCUT2D eigenvalue weighted by molar-refractivity contribution is -0.139. The van der Waals surface area contributed by atoms with Crippen LogP contribution in [0.1, 0.15) is 44.2 Å². The molecule has 0 radical (unpaired) electrons. The largest absolute Gasteiger partial charge is 0.497 e. The smallest absolute Gasteiger partial charge is 0.304 e. The fraction of sp³-hybridized carbons (Fsp3) is 0.562. The van der Waals surface area contributed by atoms with Crippen LogP contribution < -0.4 is 10.5 Å². The van der Waals surface area contributed by atoms with Crippen LogP contribution in [0.2, 0.25) is 0 Å². The Labute approximate surface area is 119 Å². The Morgan fingerprint density at radius 2 is 2.20 bits per heavy atom. The van der Waals surface area contributed by atoms with Gasteiger partial charge >= 0.3 is 5.97 Å². The molecular formula is C16H23NO3. The van der Waals surface area contributed by atoms with Gasteiger partial charge in [-0.25, -0.2) is 0 Å². The van der Waals surface area contributed by atoms with Crippen LogP contribution in [0.25, 0.3) is 0 Å². The number of aryl methyl sites for hydroxylation is 1. The number of hydrogen-bond donors (Lipinski definition) is 2. The van der Waals surface area contributed by atoms with E-state index in [0.717, 1.165) is 36.1 Å².